The average molecular weight is 263 g/mol. The Morgan fingerprint density at radius 3 is 1.35 bits per heavy atom. The van der Waals surface area contributed by atoms with Crippen LogP contribution in [0.4, 0.5) is 0 Å². The van der Waals surface area contributed by atoms with Gasteiger partial charge in [0.05, 0.1) is 5.75 Å². The predicted molar refractivity (Wildman–Crippen MR) is 70.9 cm³/mol. The fourth-order valence-corrected chi connectivity index (χ4v) is 2.50. The van der Waals surface area contributed by atoms with Gasteiger partial charge in [-0.3, -0.25) is 0 Å². The third kappa shape index (κ3) is 15.9. The highest BCUT2D eigenvalue weighted by Crippen LogP contribution is 2.11. The highest BCUT2D eigenvalue weighted by Gasteiger charge is 2.04. The molecule has 0 spiro atoms. The molecule has 103 valence electrons. The minimum atomic E-state index is -3.98. The molecule has 0 aliphatic carbocycles. The Hall–Kier alpha value is -0.0900. The number of rotatable bonds is 12. The standard InChI is InChI=1S/C13H27O3S/c1-2-3-4-5-6-7-8-9-10-11-12-13-17(14,15)16/h2-13H2,1H3. The summed E-state index contributed by atoms with van der Waals surface area (Å²) >= 11 is 0. The number of hydrogen-bond acceptors (Lipinski definition) is 2. The van der Waals surface area contributed by atoms with E-state index in [4.69, 9.17) is 0 Å². The average Bonchev–Trinajstić information content (AvgIpc) is 2.24. The smallest absolute Gasteiger partial charge is 0.197 e. The van der Waals surface area contributed by atoms with Crippen LogP contribution in [0.3, 0.4) is 0 Å². The Morgan fingerprint density at radius 1 is 0.647 bits per heavy atom. The Kier molecular flexibility index (Phi) is 11.0. The van der Waals surface area contributed by atoms with Crippen molar-refractivity contribution in [3.8, 4) is 0 Å². The monoisotopic (exact) mass is 263 g/mol. The second kappa shape index (κ2) is 11.0. The van der Waals surface area contributed by atoms with Crippen LogP contribution in [0.5, 0.6) is 0 Å². The van der Waals surface area contributed by atoms with Crippen molar-refractivity contribution in [2.75, 3.05) is 5.75 Å². The summed E-state index contributed by atoms with van der Waals surface area (Å²) in [6.07, 6.45) is 12.9. The number of hydrogen-bond donors (Lipinski definition) is 0. The summed E-state index contributed by atoms with van der Waals surface area (Å²) in [6, 6.07) is 0. The van der Waals surface area contributed by atoms with Crippen LogP contribution in [-0.4, -0.2) is 14.2 Å². The summed E-state index contributed by atoms with van der Waals surface area (Å²) < 4.78 is 31.0. The van der Waals surface area contributed by atoms with Crippen LogP contribution in [0.25, 0.3) is 0 Å². The summed E-state index contributed by atoms with van der Waals surface area (Å²) in [6.45, 7) is 2.22. The lowest BCUT2D eigenvalue weighted by Crippen LogP contribution is -2.01. The van der Waals surface area contributed by atoms with Crippen LogP contribution >= 0.6 is 0 Å². The van der Waals surface area contributed by atoms with Gasteiger partial charge in [-0.05, 0) is 6.42 Å². The molecule has 0 aromatic carbocycles. The Bertz CT molecular complexity index is 247. The van der Waals surface area contributed by atoms with Crippen molar-refractivity contribution in [2.24, 2.45) is 0 Å². The molecular formula is C13H27O3S. The van der Waals surface area contributed by atoms with Crippen molar-refractivity contribution in [1.82, 2.24) is 0 Å². The van der Waals surface area contributed by atoms with Gasteiger partial charge >= 0.3 is 0 Å². The van der Waals surface area contributed by atoms with Gasteiger partial charge in [0.1, 0.15) is 0 Å². The first-order valence-corrected chi connectivity index (χ1v) is 8.57. The SMILES string of the molecule is CCCCCCCCCCCCCS([O])(=O)=O. The maximum absolute atomic E-state index is 10.3. The summed E-state index contributed by atoms with van der Waals surface area (Å²) in [5.74, 6) is -0.190. The maximum Gasteiger partial charge on any atom is 0.294 e. The Balaban J connectivity index is 3.04. The van der Waals surface area contributed by atoms with Gasteiger partial charge in [0.15, 0.2) is 0 Å². The van der Waals surface area contributed by atoms with Crippen LogP contribution in [0.15, 0.2) is 0 Å². The molecule has 0 fully saturated rings. The van der Waals surface area contributed by atoms with Crippen molar-refractivity contribution in [3.05, 3.63) is 0 Å². The minimum Gasteiger partial charge on any atom is -0.197 e. The van der Waals surface area contributed by atoms with E-state index in [2.05, 4.69) is 6.92 Å². The van der Waals surface area contributed by atoms with Gasteiger partial charge < -0.3 is 0 Å². The van der Waals surface area contributed by atoms with Gasteiger partial charge in [0, 0.05) is 0 Å². The lowest BCUT2D eigenvalue weighted by molar-refractivity contribution is 0.412. The van der Waals surface area contributed by atoms with E-state index in [-0.39, 0.29) is 5.75 Å². The summed E-state index contributed by atoms with van der Waals surface area (Å²) in [5, 5.41) is 0. The molecule has 4 heteroatoms. The summed E-state index contributed by atoms with van der Waals surface area (Å²) in [7, 11) is -3.98. The lowest BCUT2D eigenvalue weighted by atomic mass is 10.1. The van der Waals surface area contributed by atoms with E-state index in [1.807, 2.05) is 0 Å². The van der Waals surface area contributed by atoms with Crippen molar-refractivity contribution in [2.45, 2.75) is 77.6 Å². The van der Waals surface area contributed by atoms with Gasteiger partial charge in [-0.15, -0.1) is 0 Å². The number of unbranched alkanes of at least 4 members (excludes halogenated alkanes) is 10. The van der Waals surface area contributed by atoms with E-state index in [9.17, 15) is 13.0 Å². The molecule has 0 aromatic rings. The van der Waals surface area contributed by atoms with Crippen molar-refractivity contribution in [3.63, 3.8) is 0 Å². The largest absolute Gasteiger partial charge is 0.294 e. The van der Waals surface area contributed by atoms with E-state index >= 15 is 0 Å². The van der Waals surface area contributed by atoms with Crippen LogP contribution < -0.4 is 0 Å². The van der Waals surface area contributed by atoms with E-state index in [0.717, 1.165) is 12.8 Å². The molecule has 0 bridgehead atoms. The van der Waals surface area contributed by atoms with E-state index in [1.54, 1.807) is 0 Å². The molecule has 17 heavy (non-hydrogen) atoms. The maximum atomic E-state index is 10.3. The molecule has 0 saturated carbocycles. The van der Waals surface area contributed by atoms with Gasteiger partial charge in [0.2, 0.25) is 0 Å². The third-order valence-corrected chi connectivity index (χ3v) is 3.79. The molecule has 0 aliphatic heterocycles. The first kappa shape index (κ1) is 16.9. The van der Waals surface area contributed by atoms with E-state index < -0.39 is 10.1 Å². The summed E-state index contributed by atoms with van der Waals surface area (Å²) in [4.78, 5) is 0. The van der Waals surface area contributed by atoms with Gasteiger partial charge in [-0.2, -0.15) is 8.42 Å². The van der Waals surface area contributed by atoms with Crippen LogP contribution in [0.2, 0.25) is 0 Å². The fourth-order valence-electron chi connectivity index (χ4n) is 1.94. The molecule has 0 saturated heterocycles. The molecule has 0 atom stereocenters. The summed E-state index contributed by atoms with van der Waals surface area (Å²) in [5.41, 5.74) is 0. The Labute approximate surface area is 107 Å². The second-order valence-electron chi connectivity index (χ2n) is 4.80. The molecular weight excluding hydrogens is 236 g/mol. The zero-order chi connectivity index (χ0) is 13.0. The quantitative estimate of drug-likeness (QED) is 0.499. The van der Waals surface area contributed by atoms with Crippen LogP contribution in [0, 0.1) is 0 Å². The van der Waals surface area contributed by atoms with E-state index in [0.29, 0.717) is 6.42 Å². The molecule has 0 rings (SSSR count). The minimum absolute atomic E-state index is 0.190. The normalized spacial score (nSPS) is 11.9. The molecule has 1 radical (unpaired) electrons. The molecule has 0 aromatic heterocycles. The van der Waals surface area contributed by atoms with Crippen LogP contribution in [-0.2, 0) is 14.7 Å². The zero-order valence-corrected chi connectivity index (χ0v) is 11.9. The predicted octanol–water partition coefficient (Wildman–Crippen LogP) is 4.06. The van der Waals surface area contributed by atoms with Gasteiger partial charge in [-0.25, -0.2) is 0 Å². The topological polar surface area (TPSA) is 54.0 Å². The van der Waals surface area contributed by atoms with E-state index in [1.165, 1.54) is 51.4 Å². The van der Waals surface area contributed by atoms with Crippen molar-refractivity contribution >= 4 is 10.1 Å². The second-order valence-corrected chi connectivity index (χ2v) is 6.32. The highest BCUT2D eigenvalue weighted by atomic mass is 32.2. The van der Waals surface area contributed by atoms with Gasteiger partial charge in [0.25, 0.3) is 10.1 Å². The van der Waals surface area contributed by atoms with Crippen LogP contribution in [0.1, 0.15) is 77.6 Å². The third-order valence-electron chi connectivity index (χ3n) is 3.00. The molecule has 0 aliphatic rings. The fraction of sp³-hybridized carbons (Fsp3) is 1.00. The molecule has 0 N–H and O–H groups in total. The highest BCUT2D eigenvalue weighted by molar-refractivity contribution is 7.85. The zero-order valence-electron chi connectivity index (χ0n) is 11.1. The molecule has 3 nitrogen and oxygen atoms in total. The Morgan fingerprint density at radius 2 is 1.00 bits per heavy atom. The molecule has 0 unspecified atom stereocenters. The van der Waals surface area contributed by atoms with Gasteiger partial charge in [-0.1, -0.05) is 75.7 Å². The first-order valence-electron chi connectivity index (χ1n) is 7.00. The van der Waals surface area contributed by atoms with Crippen molar-refractivity contribution < 1.29 is 13.0 Å². The lowest BCUT2D eigenvalue weighted by Gasteiger charge is -2.01. The molecule has 0 amide bonds. The molecule has 0 heterocycles. The first-order chi connectivity index (χ1) is 8.06. The van der Waals surface area contributed by atoms with Crippen molar-refractivity contribution in [1.29, 1.82) is 0 Å².